The molecule has 0 aliphatic rings. The van der Waals surface area contributed by atoms with Crippen molar-refractivity contribution in [1.82, 2.24) is 0 Å². The highest BCUT2D eigenvalue weighted by Gasteiger charge is 2.12. The second kappa shape index (κ2) is 4.81. The quantitative estimate of drug-likeness (QED) is 0.771. The summed E-state index contributed by atoms with van der Waals surface area (Å²) in [6.07, 6.45) is 1.38. The molecule has 0 atom stereocenters. The summed E-state index contributed by atoms with van der Waals surface area (Å²) in [6.45, 7) is 0.541. The first-order chi connectivity index (χ1) is 6.70. The van der Waals surface area contributed by atoms with E-state index in [2.05, 4.69) is 0 Å². The van der Waals surface area contributed by atoms with Gasteiger partial charge in [-0.05, 0) is 31.0 Å². The van der Waals surface area contributed by atoms with Crippen molar-refractivity contribution >= 4 is 0 Å². The van der Waals surface area contributed by atoms with Crippen molar-refractivity contribution in [3.8, 4) is 11.5 Å². The molecule has 0 spiro atoms. The van der Waals surface area contributed by atoms with Crippen molar-refractivity contribution < 1.29 is 14.2 Å². The number of benzene rings is 1. The molecule has 1 rings (SSSR count). The van der Waals surface area contributed by atoms with Crippen molar-refractivity contribution in [3.63, 3.8) is 0 Å². The molecule has 1 aromatic rings. The lowest BCUT2D eigenvalue weighted by atomic mass is 10.1. The molecular weight excluding hydrogens is 185 g/mol. The molecule has 0 aliphatic heterocycles. The third kappa shape index (κ3) is 2.14. The number of ether oxygens (including phenoxy) is 1. The summed E-state index contributed by atoms with van der Waals surface area (Å²) < 4.78 is 17.8. The number of phenols is 1. The average Bonchev–Trinajstić information content (AvgIpc) is 2.18. The Labute approximate surface area is 82.3 Å². The summed E-state index contributed by atoms with van der Waals surface area (Å²) >= 11 is 0. The molecule has 0 saturated heterocycles. The zero-order valence-corrected chi connectivity index (χ0v) is 8.09. The Morgan fingerprint density at radius 2 is 2.21 bits per heavy atom. The summed E-state index contributed by atoms with van der Waals surface area (Å²) in [7, 11) is 1.32. The van der Waals surface area contributed by atoms with Gasteiger partial charge in [0.1, 0.15) is 0 Å². The van der Waals surface area contributed by atoms with Crippen LogP contribution in [0, 0.1) is 5.82 Å². The van der Waals surface area contributed by atoms with Crippen molar-refractivity contribution in [1.29, 1.82) is 0 Å². The molecule has 0 radical (unpaired) electrons. The van der Waals surface area contributed by atoms with Gasteiger partial charge in [-0.25, -0.2) is 4.39 Å². The summed E-state index contributed by atoms with van der Waals surface area (Å²) in [6, 6.07) is 2.83. The predicted molar refractivity (Wildman–Crippen MR) is 52.0 cm³/mol. The zero-order valence-electron chi connectivity index (χ0n) is 8.09. The standard InChI is InChI=1S/C10H14FNO2/c1-14-10-8(11)5-4-7(9(10)13)3-2-6-12/h4-5,13H,2-3,6,12H2,1H3. The molecule has 14 heavy (non-hydrogen) atoms. The summed E-state index contributed by atoms with van der Waals surface area (Å²) in [4.78, 5) is 0. The number of hydrogen-bond acceptors (Lipinski definition) is 3. The molecular formula is C10H14FNO2. The largest absolute Gasteiger partial charge is 0.504 e. The fourth-order valence-electron chi connectivity index (χ4n) is 1.28. The number of rotatable bonds is 4. The molecule has 0 heterocycles. The molecule has 0 aromatic heterocycles. The maximum atomic E-state index is 13.0. The van der Waals surface area contributed by atoms with E-state index >= 15 is 0 Å². The minimum atomic E-state index is -0.554. The van der Waals surface area contributed by atoms with Crippen LogP contribution >= 0.6 is 0 Å². The highest BCUT2D eigenvalue weighted by atomic mass is 19.1. The van der Waals surface area contributed by atoms with Crippen LogP contribution in [-0.4, -0.2) is 18.8 Å². The van der Waals surface area contributed by atoms with Crippen molar-refractivity contribution in [2.45, 2.75) is 12.8 Å². The molecule has 3 nitrogen and oxygen atoms in total. The van der Waals surface area contributed by atoms with Gasteiger partial charge in [0, 0.05) is 0 Å². The topological polar surface area (TPSA) is 55.5 Å². The van der Waals surface area contributed by atoms with Gasteiger partial charge in [0.25, 0.3) is 0 Å². The van der Waals surface area contributed by atoms with Crippen LogP contribution in [0.4, 0.5) is 4.39 Å². The zero-order chi connectivity index (χ0) is 10.6. The van der Waals surface area contributed by atoms with Crippen LogP contribution in [0.2, 0.25) is 0 Å². The lowest BCUT2D eigenvalue weighted by Gasteiger charge is -2.09. The molecule has 0 amide bonds. The molecule has 4 heteroatoms. The third-order valence-electron chi connectivity index (χ3n) is 2.02. The van der Waals surface area contributed by atoms with Crippen LogP contribution in [0.5, 0.6) is 11.5 Å². The molecule has 0 fully saturated rings. The first-order valence-electron chi connectivity index (χ1n) is 4.45. The van der Waals surface area contributed by atoms with Crippen LogP contribution in [0.25, 0.3) is 0 Å². The van der Waals surface area contributed by atoms with Crippen LogP contribution < -0.4 is 10.5 Å². The molecule has 0 saturated carbocycles. The van der Waals surface area contributed by atoms with E-state index in [0.29, 0.717) is 18.5 Å². The average molecular weight is 199 g/mol. The van der Waals surface area contributed by atoms with E-state index in [1.165, 1.54) is 13.2 Å². The normalized spacial score (nSPS) is 10.2. The van der Waals surface area contributed by atoms with Gasteiger partial charge < -0.3 is 15.6 Å². The first-order valence-corrected chi connectivity index (χ1v) is 4.45. The Morgan fingerprint density at radius 3 is 2.79 bits per heavy atom. The monoisotopic (exact) mass is 199 g/mol. The number of aryl methyl sites for hydroxylation is 1. The van der Waals surface area contributed by atoms with E-state index in [1.54, 1.807) is 6.07 Å². The lowest BCUT2D eigenvalue weighted by Crippen LogP contribution is -2.01. The smallest absolute Gasteiger partial charge is 0.196 e. The van der Waals surface area contributed by atoms with Gasteiger partial charge in [0.2, 0.25) is 0 Å². The number of phenolic OH excluding ortho intramolecular Hbond substituents is 1. The Morgan fingerprint density at radius 1 is 1.50 bits per heavy atom. The fourth-order valence-corrected chi connectivity index (χ4v) is 1.28. The summed E-state index contributed by atoms with van der Waals surface area (Å²) in [5.41, 5.74) is 6.00. The number of methoxy groups -OCH3 is 1. The van der Waals surface area contributed by atoms with E-state index in [4.69, 9.17) is 10.5 Å². The number of aromatic hydroxyl groups is 1. The highest BCUT2D eigenvalue weighted by molar-refractivity contribution is 5.46. The summed E-state index contributed by atoms with van der Waals surface area (Å²) in [5.74, 6) is -0.776. The van der Waals surface area contributed by atoms with Gasteiger partial charge in [0.15, 0.2) is 17.3 Å². The molecule has 0 unspecified atom stereocenters. The maximum absolute atomic E-state index is 13.0. The Bertz CT molecular complexity index is 315. The third-order valence-corrected chi connectivity index (χ3v) is 2.02. The van der Waals surface area contributed by atoms with Crippen molar-refractivity contribution in [2.75, 3.05) is 13.7 Å². The van der Waals surface area contributed by atoms with Gasteiger partial charge in [0.05, 0.1) is 7.11 Å². The maximum Gasteiger partial charge on any atom is 0.196 e. The molecule has 0 aliphatic carbocycles. The molecule has 0 bridgehead atoms. The van der Waals surface area contributed by atoms with Gasteiger partial charge in [-0.15, -0.1) is 0 Å². The Kier molecular flexibility index (Phi) is 3.71. The predicted octanol–water partition coefficient (Wildman–Crippen LogP) is 1.43. The number of halogens is 1. The second-order valence-electron chi connectivity index (χ2n) is 2.98. The Balaban J connectivity index is 2.96. The fraction of sp³-hybridized carbons (Fsp3) is 0.400. The van der Waals surface area contributed by atoms with Crippen LogP contribution in [0.15, 0.2) is 12.1 Å². The minimum Gasteiger partial charge on any atom is -0.504 e. The van der Waals surface area contributed by atoms with E-state index < -0.39 is 5.82 Å². The molecule has 3 N–H and O–H groups in total. The van der Waals surface area contributed by atoms with Crippen molar-refractivity contribution in [2.24, 2.45) is 5.73 Å². The second-order valence-corrected chi connectivity index (χ2v) is 2.98. The van der Waals surface area contributed by atoms with E-state index in [0.717, 1.165) is 6.42 Å². The summed E-state index contributed by atoms with van der Waals surface area (Å²) in [5, 5.41) is 9.59. The first kappa shape index (κ1) is 10.8. The van der Waals surface area contributed by atoms with Gasteiger partial charge >= 0.3 is 0 Å². The van der Waals surface area contributed by atoms with E-state index in [-0.39, 0.29) is 11.5 Å². The highest BCUT2D eigenvalue weighted by Crippen LogP contribution is 2.32. The van der Waals surface area contributed by atoms with Crippen molar-refractivity contribution in [3.05, 3.63) is 23.5 Å². The van der Waals surface area contributed by atoms with Gasteiger partial charge in [-0.1, -0.05) is 6.07 Å². The minimum absolute atomic E-state index is 0.0977. The number of hydrogen-bond donors (Lipinski definition) is 2. The van der Waals surface area contributed by atoms with E-state index in [9.17, 15) is 9.50 Å². The Hall–Kier alpha value is -1.29. The molecule has 1 aromatic carbocycles. The van der Waals surface area contributed by atoms with Gasteiger partial charge in [-0.2, -0.15) is 0 Å². The van der Waals surface area contributed by atoms with Gasteiger partial charge in [-0.3, -0.25) is 0 Å². The molecule has 78 valence electrons. The van der Waals surface area contributed by atoms with Crippen LogP contribution in [0.3, 0.4) is 0 Å². The van der Waals surface area contributed by atoms with Crippen LogP contribution in [0.1, 0.15) is 12.0 Å². The SMILES string of the molecule is COc1c(F)ccc(CCCN)c1O. The number of nitrogens with two attached hydrogens (primary N) is 1. The van der Waals surface area contributed by atoms with E-state index in [1.807, 2.05) is 0 Å². The lowest BCUT2D eigenvalue weighted by molar-refractivity contribution is 0.348. The van der Waals surface area contributed by atoms with Crippen LogP contribution in [-0.2, 0) is 6.42 Å².